The molecular formula is C14H21BrN2O2. The van der Waals surface area contributed by atoms with Gasteiger partial charge in [0.05, 0.1) is 6.61 Å². The minimum absolute atomic E-state index is 0.301. The standard InChI is InChI=1S/C14H21BrN2O2/c1-3-4-10(2)8-19-9-12-6-5-11(7-13(12)15)14(18)17-16/h5-7,10H,3-4,8-9,16H2,1-2H3,(H,17,18). The maximum Gasteiger partial charge on any atom is 0.265 e. The van der Waals surface area contributed by atoms with Gasteiger partial charge in [-0.1, -0.05) is 42.3 Å². The molecule has 19 heavy (non-hydrogen) atoms. The lowest BCUT2D eigenvalue weighted by molar-refractivity contribution is 0.0888. The summed E-state index contributed by atoms with van der Waals surface area (Å²) in [4.78, 5) is 11.4. The van der Waals surface area contributed by atoms with Crippen molar-refractivity contribution >= 4 is 21.8 Å². The summed E-state index contributed by atoms with van der Waals surface area (Å²) in [5.74, 6) is 5.37. The van der Waals surface area contributed by atoms with E-state index in [1.807, 2.05) is 6.07 Å². The molecule has 1 unspecified atom stereocenters. The normalized spacial score (nSPS) is 12.2. The first-order valence-electron chi connectivity index (χ1n) is 6.45. The van der Waals surface area contributed by atoms with Gasteiger partial charge in [-0.3, -0.25) is 10.2 Å². The quantitative estimate of drug-likeness (QED) is 0.459. The molecular weight excluding hydrogens is 308 g/mol. The summed E-state index contributed by atoms with van der Waals surface area (Å²) in [7, 11) is 0. The smallest absolute Gasteiger partial charge is 0.265 e. The highest BCUT2D eigenvalue weighted by Crippen LogP contribution is 2.20. The van der Waals surface area contributed by atoms with Crippen molar-refractivity contribution in [1.29, 1.82) is 0 Å². The average Bonchev–Trinajstić information content (AvgIpc) is 2.40. The van der Waals surface area contributed by atoms with E-state index in [1.165, 1.54) is 12.8 Å². The number of hydrogen-bond acceptors (Lipinski definition) is 3. The van der Waals surface area contributed by atoms with Crippen LogP contribution in [0, 0.1) is 5.92 Å². The number of amides is 1. The molecule has 0 saturated heterocycles. The van der Waals surface area contributed by atoms with Gasteiger partial charge in [-0.05, 0) is 30.0 Å². The molecule has 0 aliphatic carbocycles. The van der Waals surface area contributed by atoms with Crippen LogP contribution in [0.1, 0.15) is 42.6 Å². The Morgan fingerprint density at radius 2 is 2.26 bits per heavy atom. The van der Waals surface area contributed by atoms with E-state index >= 15 is 0 Å². The molecule has 0 spiro atoms. The van der Waals surface area contributed by atoms with Crippen molar-refractivity contribution in [3.05, 3.63) is 33.8 Å². The number of hydrazine groups is 1. The predicted octanol–water partition coefficient (Wildman–Crippen LogP) is 3.01. The third-order valence-electron chi connectivity index (χ3n) is 2.89. The van der Waals surface area contributed by atoms with Crippen molar-refractivity contribution in [2.45, 2.75) is 33.3 Å². The lowest BCUT2D eigenvalue weighted by atomic mass is 10.1. The van der Waals surface area contributed by atoms with Crippen LogP contribution in [-0.4, -0.2) is 12.5 Å². The molecule has 1 aromatic rings. The molecule has 1 amide bonds. The lowest BCUT2D eigenvalue weighted by Crippen LogP contribution is -2.29. The molecule has 1 aromatic carbocycles. The van der Waals surface area contributed by atoms with E-state index in [4.69, 9.17) is 10.6 Å². The first-order valence-corrected chi connectivity index (χ1v) is 7.24. The largest absolute Gasteiger partial charge is 0.376 e. The zero-order valence-corrected chi connectivity index (χ0v) is 13.0. The number of hydrogen-bond donors (Lipinski definition) is 2. The zero-order chi connectivity index (χ0) is 14.3. The summed E-state index contributed by atoms with van der Waals surface area (Å²) in [6, 6.07) is 5.36. The number of carbonyl (C=O) groups excluding carboxylic acids is 1. The Balaban J connectivity index is 2.53. The Bertz CT molecular complexity index is 424. The second-order valence-electron chi connectivity index (χ2n) is 4.69. The van der Waals surface area contributed by atoms with Crippen LogP contribution in [-0.2, 0) is 11.3 Å². The van der Waals surface area contributed by atoms with Gasteiger partial charge in [-0.25, -0.2) is 5.84 Å². The van der Waals surface area contributed by atoms with Crippen LogP contribution in [0.4, 0.5) is 0 Å². The average molecular weight is 329 g/mol. The highest BCUT2D eigenvalue weighted by atomic mass is 79.9. The summed E-state index contributed by atoms with van der Waals surface area (Å²) in [5.41, 5.74) is 3.66. The number of halogens is 1. The monoisotopic (exact) mass is 328 g/mol. The van der Waals surface area contributed by atoms with Crippen LogP contribution >= 0.6 is 15.9 Å². The third kappa shape index (κ3) is 5.30. The number of nitrogen functional groups attached to an aromatic ring is 1. The van der Waals surface area contributed by atoms with E-state index in [0.29, 0.717) is 18.1 Å². The number of benzene rings is 1. The van der Waals surface area contributed by atoms with Crippen LogP contribution in [0.15, 0.2) is 22.7 Å². The first-order chi connectivity index (χ1) is 9.08. The van der Waals surface area contributed by atoms with Gasteiger partial charge in [0.15, 0.2) is 0 Å². The van der Waals surface area contributed by atoms with Crippen molar-refractivity contribution in [3.8, 4) is 0 Å². The van der Waals surface area contributed by atoms with Crippen LogP contribution in [0.3, 0.4) is 0 Å². The van der Waals surface area contributed by atoms with E-state index < -0.39 is 0 Å². The molecule has 0 aliphatic heterocycles. The van der Waals surface area contributed by atoms with E-state index in [1.54, 1.807) is 12.1 Å². The Morgan fingerprint density at radius 3 is 2.84 bits per heavy atom. The molecule has 0 heterocycles. The van der Waals surface area contributed by atoms with E-state index in [2.05, 4.69) is 35.2 Å². The van der Waals surface area contributed by atoms with Crippen molar-refractivity contribution in [2.24, 2.45) is 11.8 Å². The molecule has 1 rings (SSSR count). The van der Waals surface area contributed by atoms with Crippen LogP contribution in [0.25, 0.3) is 0 Å². The summed E-state index contributed by atoms with van der Waals surface area (Å²) >= 11 is 3.44. The topological polar surface area (TPSA) is 64.3 Å². The van der Waals surface area contributed by atoms with Crippen LogP contribution in [0.5, 0.6) is 0 Å². The summed E-state index contributed by atoms with van der Waals surface area (Å²) in [6.07, 6.45) is 2.36. The fraction of sp³-hybridized carbons (Fsp3) is 0.500. The molecule has 1 atom stereocenters. The van der Waals surface area contributed by atoms with E-state index in [-0.39, 0.29) is 5.91 Å². The van der Waals surface area contributed by atoms with Crippen LogP contribution < -0.4 is 11.3 Å². The fourth-order valence-corrected chi connectivity index (χ4v) is 2.33. The highest BCUT2D eigenvalue weighted by molar-refractivity contribution is 9.10. The number of nitrogens with one attached hydrogen (secondary N) is 1. The van der Waals surface area contributed by atoms with E-state index in [9.17, 15) is 4.79 Å². The number of carbonyl (C=O) groups is 1. The Kier molecular flexibility index (Phi) is 7.05. The van der Waals surface area contributed by atoms with Gasteiger partial charge in [-0.15, -0.1) is 0 Å². The lowest BCUT2D eigenvalue weighted by Gasteiger charge is -2.12. The molecule has 0 radical (unpaired) electrons. The minimum Gasteiger partial charge on any atom is -0.376 e. The molecule has 5 heteroatoms. The molecule has 0 saturated carbocycles. The molecule has 4 nitrogen and oxygen atoms in total. The summed E-state index contributed by atoms with van der Waals surface area (Å²) in [6.45, 7) is 5.66. The van der Waals surface area contributed by atoms with Gasteiger partial charge < -0.3 is 4.74 Å². The molecule has 0 bridgehead atoms. The second-order valence-corrected chi connectivity index (χ2v) is 5.54. The summed E-state index contributed by atoms with van der Waals surface area (Å²) in [5, 5.41) is 0. The van der Waals surface area contributed by atoms with Crippen molar-refractivity contribution < 1.29 is 9.53 Å². The number of nitrogens with two attached hydrogens (primary N) is 1. The maximum atomic E-state index is 11.4. The van der Waals surface area contributed by atoms with Crippen LogP contribution in [0.2, 0.25) is 0 Å². The van der Waals surface area contributed by atoms with Crippen molar-refractivity contribution in [2.75, 3.05) is 6.61 Å². The fourth-order valence-electron chi connectivity index (χ4n) is 1.84. The maximum absolute atomic E-state index is 11.4. The van der Waals surface area contributed by atoms with E-state index in [0.717, 1.165) is 16.6 Å². The van der Waals surface area contributed by atoms with Gasteiger partial charge >= 0.3 is 0 Å². The van der Waals surface area contributed by atoms with Crippen molar-refractivity contribution in [1.82, 2.24) is 5.43 Å². The van der Waals surface area contributed by atoms with Gasteiger partial charge in [0.25, 0.3) is 5.91 Å². The SMILES string of the molecule is CCCC(C)COCc1ccc(C(=O)NN)cc1Br. The molecule has 0 aliphatic rings. The van der Waals surface area contributed by atoms with Gasteiger partial charge in [0.1, 0.15) is 0 Å². The van der Waals surface area contributed by atoms with Gasteiger partial charge in [0, 0.05) is 16.6 Å². The number of ether oxygens (including phenoxy) is 1. The molecule has 106 valence electrons. The molecule has 0 aromatic heterocycles. The predicted molar refractivity (Wildman–Crippen MR) is 79.5 cm³/mol. The molecule has 0 fully saturated rings. The molecule has 3 N–H and O–H groups in total. The second kappa shape index (κ2) is 8.30. The number of rotatable bonds is 7. The minimum atomic E-state index is -0.301. The zero-order valence-electron chi connectivity index (χ0n) is 11.4. The van der Waals surface area contributed by atoms with Gasteiger partial charge in [-0.2, -0.15) is 0 Å². The Labute approximate surface area is 122 Å². The highest BCUT2D eigenvalue weighted by Gasteiger charge is 2.08. The summed E-state index contributed by atoms with van der Waals surface area (Å²) < 4.78 is 6.54. The van der Waals surface area contributed by atoms with Gasteiger partial charge in [0.2, 0.25) is 0 Å². The Morgan fingerprint density at radius 1 is 1.53 bits per heavy atom. The third-order valence-corrected chi connectivity index (χ3v) is 3.63. The van der Waals surface area contributed by atoms with Crippen molar-refractivity contribution in [3.63, 3.8) is 0 Å². The first kappa shape index (κ1) is 16.1. The Hall–Kier alpha value is -0.910.